The number of fused-ring (bicyclic) bond motifs is 3. The average Bonchev–Trinajstić information content (AvgIpc) is 2.54. The fourth-order valence-electron chi connectivity index (χ4n) is 2.17. The number of H-pyrrole nitrogens is 1. The third kappa shape index (κ3) is 1.01. The van der Waals surface area contributed by atoms with Gasteiger partial charge in [0.2, 0.25) is 0 Å². The van der Waals surface area contributed by atoms with Crippen LogP contribution >= 0.6 is 0 Å². The van der Waals surface area contributed by atoms with Crippen molar-refractivity contribution < 1.29 is 5.11 Å². The second-order valence-corrected chi connectivity index (χ2v) is 3.83. The van der Waals surface area contributed by atoms with Crippen molar-refractivity contribution >= 4 is 21.8 Å². The Kier molecular flexibility index (Phi) is 1.63. The smallest absolute Gasteiger partial charge is 0.272 e. The molecule has 0 aliphatic heterocycles. The van der Waals surface area contributed by atoms with Gasteiger partial charge < -0.3 is 14.7 Å². The minimum atomic E-state index is -0.115. The number of pyridine rings is 1. The van der Waals surface area contributed by atoms with E-state index in [1.165, 1.54) is 0 Å². The molecule has 0 aliphatic rings. The topological polar surface area (TPSA) is 58.0 Å². The maximum Gasteiger partial charge on any atom is 0.272 e. The summed E-state index contributed by atoms with van der Waals surface area (Å²) >= 11 is 0. The van der Waals surface area contributed by atoms with Crippen molar-refractivity contribution in [2.75, 3.05) is 0 Å². The van der Waals surface area contributed by atoms with Crippen molar-refractivity contribution in [3.05, 3.63) is 40.8 Å². The first kappa shape index (κ1) is 9.03. The SMILES string of the molecule is Cn1c2cc(O)ccc2c2cc[nH]c(=O)c21. The first-order valence-electron chi connectivity index (χ1n) is 4.97. The average molecular weight is 214 g/mol. The van der Waals surface area contributed by atoms with Crippen LogP contribution in [0.2, 0.25) is 0 Å². The molecule has 16 heavy (non-hydrogen) atoms. The van der Waals surface area contributed by atoms with E-state index in [1.54, 1.807) is 22.9 Å². The van der Waals surface area contributed by atoms with Gasteiger partial charge in [-0.1, -0.05) is 0 Å². The van der Waals surface area contributed by atoms with Crippen molar-refractivity contribution in [2.24, 2.45) is 7.05 Å². The maximum absolute atomic E-state index is 11.7. The molecule has 4 heteroatoms. The van der Waals surface area contributed by atoms with Crippen LogP contribution in [-0.2, 0) is 7.05 Å². The van der Waals surface area contributed by atoms with Gasteiger partial charge >= 0.3 is 0 Å². The molecule has 0 atom stereocenters. The molecule has 0 spiro atoms. The quantitative estimate of drug-likeness (QED) is 0.598. The first-order valence-corrected chi connectivity index (χ1v) is 4.97. The number of nitrogens with zero attached hydrogens (tertiary/aromatic N) is 1. The van der Waals surface area contributed by atoms with Gasteiger partial charge in [-0.3, -0.25) is 4.79 Å². The van der Waals surface area contributed by atoms with Gasteiger partial charge in [-0.15, -0.1) is 0 Å². The minimum absolute atomic E-state index is 0.115. The molecule has 0 saturated heterocycles. The third-order valence-electron chi connectivity index (χ3n) is 2.90. The van der Waals surface area contributed by atoms with E-state index in [0.717, 1.165) is 16.3 Å². The molecule has 1 aromatic carbocycles. The predicted octanol–water partition coefficient (Wildman–Crippen LogP) is 1.73. The van der Waals surface area contributed by atoms with Gasteiger partial charge in [0.05, 0.1) is 5.52 Å². The molecule has 0 saturated carbocycles. The summed E-state index contributed by atoms with van der Waals surface area (Å²) in [6.45, 7) is 0. The van der Waals surface area contributed by atoms with Crippen LogP contribution < -0.4 is 5.56 Å². The number of nitrogens with one attached hydrogen (secondary N) is 1. The molecule has 2 aromatic heterocycles. The Morgan fingerprint density at radius 1 is 1.25 bits per heavy atom. The van der Waals surface area contributed by atoms with Crippen molar-refractivity contribution in [3.8, 4) is 5.75 Å². The molecule has 2 N–H and O–H groups in total. The van der Waals surface area contributed by atoms with Crippen LogP contribution in [0.3, 0.4) is 0 Å². The van der Waals surface area contributed by atoms with Crippen LogP contribution in [0, 0.1) is 0 Å². The van der Waals surface area contributed by atoms with Gasteiger partial charge in [0.25, 0.3) is 5.56 Å². The van der Waals surface area contributed by atoms with Gasteiger partial charge in [-0.2, -0.15) is 0 Å². The number of phenols is 1. The van der Waals surface area contributed by atoms with E-state index in [-0.39, 0.29) is 11.3 Å². The summed E-state index contributed by atoms with van der Waals surface area (Å²) in [5.74, 6) is 0.204. The van der Waals surface area contributed by atoms with Crippen molar-refractivity contribution in [3.63, 3.8) is 0 Å². The third-order valence-corrected chi connectivity index (χ3v) is 2.90. The molecule has 0 unspecified atom stereocenters. The second-order valence-electron chi connectivity index (χ2n) is 3.83. The highest BCUT2D eigenvalue weighted by Gasteiger charge is 2.10. The molecular formula is C12H10N2O2. The molecular weight excluding hydrogens is 204 g/mol. The molecule has 0 amide bonds. The Bertz CT molecular complexity index is 753. The zero-order chi connectivity index (χ0) is 11.3. The number of aromatic amines is 1. The van der Waals surface area contributed by atoms with Crippen LogP contribution in [0.1, 0.15) is 0 Å². The van der Waals surface area contributed by atoms with Crippen LogP contribution in [0.15, 0.2) is 35.3 Å². The first-order chi connectivity index (χ1) is 7.68. The fourth-order valence-corrected chi connectivity index (χ4v) is 2.17. The van der Waals surface area contributed by atoms with E-state index >= 15 is 0 Å². The van der Waals surface area contributed by atoms with Gasteiger partial charge in [0.15, 0.2) is 0 Å². The number of phenolic OH excluding ortho intramolecular Hbond substituents is 1. The lowest BCUT2D eigenvalue weighted by Crippen LogP contribution is -2.07. The summed E-state index contributed by atoms with van der Waals surface area (Å²) in [7, 11) is 1.82. The summed E-state index contributed by atoms with van der Waals surface area (Å²) in [6, 6.07) is 6.99. The van der Waals surface area contributed by atoms with E-state index in [1.807, 2.05) is 19.2 Å². The summed E-state index contributed by atoms with van der Waals surface area (Å²) < 4.78 is 1.79. The Balaban J connectivity index is 2.70. The number of aromatic nitrogens is 2. The van der Waals surface area contributed by atoms with Gasteiger partial charge in [0, 0.05) is 30.1 Å². The maximum atomic E-state index is 11.7. The fraction of sp³-hybridized carbons (Fsp3) is 0.0833. The second kappa shape index (κ2) is 2.88. The lowest BCUT2D eigenvalue weighted by molar-refractivity contribution is 0.476. The van der Waals surface area contributed by atoms with Gasteiger partial charge in [-0.25, -0.2) is 0 Å². The molecule has 0 fully saturated rings. The highest BCUT2D eigenvalue weighted by atomic mass is 16.3. The van der Waals surface area contributed by atoms with Gasteiger partial charge in [-0.05, 0) is 18.2 Å². The number of aryl methyl sites for hydroxylation is 1. The molecule has 0 radical (unpaired) electrons. The monoisotopic (exact) mass is 214 g/mol. The molecule has 3 aromatic rings. The zero-order valence-corrected chi connectivity index (χ0v) is 8.69. The normalized spacial score (nSPS) is 11.3. The number of hydrogen-bond acceptors (Lipinski definition) is 2. The van der Waals surface area contributed by atoms with Crippen LogP contribution in [-0.4, -0.2) is 14.7 Å². The molecule has 0 aliphatic carbocycles. The lowest BCUT2D eigenvalue weighted by atomic mass is 10.2. The van der Waals surface area contributed by atoms with E-state index in [0.29, 0.717) is 5.52 Å². The summed E-state index contributed by atoms with van der Waals surface area (Å²) in [5, 5.41) is 11.3. The highest BCUT2D eigenvalue weighted by Crippen LogP contribution is 2.28. The van der Waals surface area contributed by atoms with E-state index in [9.17, 15) is 9.90 Å². The predicted molar refractivity (Wildman–Crippen MR) is 62.7 cm³/mol. The van der Waals surface area contributed by atoms with E-state index in [2.05, 4.69) is 4.98 Å². The van der Waals surface area contributed by atoms with Crippen molar-refractivity contribution in [1.29, 1.82) is 0 Å². The number of rotatable bonds is 0. The molecule has 80 valence electrons. The summed E-state index contributed by atoms with van der Waals surface area (Å²) in [5.41, 5.74) is 1.37. The highest BCUT2D eigenvalue weighted by molar-refractivity contribution is 6.07. The van der Waals surface area contributed by atoms with Crippen LogP contribution in [0.5, 0.6) is 5.75 Å². The van der Waals surface area contributed by atoms with E-state index in [4.69, 9.17) is 0 Å². The van der Waals surface area contributed by atoms with Crippen LogP contribution in [0.25, 0.3) is 21.8 Å². The zero-order valence-electron chi connectivity index (χ0n) is 8.69. The van der Waals surface area contributed by atoms with Gasteiger partial charge in [0.1, 0.15) is 11.3 Å². The Morgan fingerprint density at radius 2 is 2.06 bits per heavy atom. The molecule has 4 nitrogen and oxygen atoms in total. The Labute approximate surface area is 90.8 Å². The molecule has 3 rings (SSSR count). The van der Waals surface area contributed by atoms with E-state index < -0.39 is 0 Å². The summed E-state index contributed by atoms with van der Waals surface area (Å²) in [6.07, 6.45) is 1.64. The summed E-state index contributed by atoms with van der Waals surface area (Å²) in [4.78, 5) is 14.4. The molecule has 2 heterocycles. The number of aromatic hydroxyl groups is 1. The largest absolute Gasteiger partial charge is 0.508 e. The lowest BCUT2D eigenvalue weighted by Gasteiger charge is -1.96. The number of hydrogen-bond donors (Lipinski definition) is 2. The minimum Gasteiger partial charge on any atom is -0.508 e. The Morgan fingerprint density at radius 3 is 2.88 bits per heavy atom. The standard InChI is InChI=1S/C12H10N2O2/c1-14-10-6-7(15)2-3-8(10)9-4-5-13-12(16)11(9)14/h2-6,15H,1H3,(H,13,16). The Hall–Kier alpha value is -2.23. The van der Waals surface area contributed by atoms with Crippen LogP contribution in [0.4, 0.5) is 0 Å². The van der Waals surface area contributed by atoms with Crippen molar-refractivity contribution in [1.82, 2.24) is 9.55 Å². The molecule has 0 bridgehead atoms. The number of benzene rings is 1. The van der Waals surface area contributed by atoms with Crippen molar-refractivity contribution in [2.45, 2.75) is 0 Å².